The quantitative estimate of drug-likeness (QED) is 0.776. The minimum atomic E-state index is 0.494. The molecule has 76 valence electrons. The molecule has 1 aliphatic rings. The number of nitrogens with one attached hydrogen (secondary N) is 1. The van der Waals surface area contributed by atoms with Gasteiger partial charge in [0.2, 0.25) is 5.88 Å². The number of nitrogens with zero attached hydrogens (tertiary/aromatic N) is 1. The zero-order valence-corrected chi connectivity index (χ0v) is 8.71. The van der Waals surface area contributed by atoms with Crippen molar-refractivity contribution in [2.24, 2.45) is 0 Å². The summed E-state index contributed by atoms with van der Waals surface area (Å²) in [4.78, 5) is 4.24. The van der Waals surface area contributed by atoms with Crippen LogP contribution in [0.15, 0.2) is 12.3 Å². The molecule has 0 amide bonds. The van der Waals surface area contributed by atoms with Gasteiger partial charge in [0, 0.05) is 18.3 Å². The molecule has 1 aromatic heterocycles. The molecule has 3 heteroatoms. The van der Waals surface area contributed by atoms with E-state index in [1.54, 1.807) is 7.11 Å². The first-order chi connectivity index (χ1) is 6.81. The van der Waals surface area contributed by atoms with Gasteiger partial charge in [0.05, 0.1) is 7.11 Å². The van der Waals surface area contributed by atoms with Crippen LogP contribution in [0.2, 0.25) is 0 Å². The maximum Gasteiger partial charge on any atom is 0.213 e. The van der Waals surface area contributed by atoms with E-state index in [0.717, 1.165) is 6.54 Å². The average molecular weight is 192 g/mol. The van der Waals surface area contributed by atoms with Crippen molar-refractivity contribution < 1.29 is 4.74 Å². The lowest BCUT2D eigenvalue weighted by atomic mass is 10.0. The van der Waals surface area contributed by atoms with Crippen LogP contribution in [0.4, 0.5) is 0 Å². The Morgan fingerprint density at radius 1 is 1.57 bits per heavy atom. The van der Waals surface area contributed by atoms with Crippen molar-refractivity contribution in [3.63, 3.8) is 0 Å². The average Bonchev–Trinajstić information content (AvgIpc) is 2.70. The predicted octanol–water partition coefficient (Wildman–Crippen LogP) is 1.82. The molecule has 2 rings (SSSR count). The molecule has 0 bridgehead atoms. The summed E-state index contributed by atoms with van der Waals surface area (Å²) in [6, 6.07) is 2.49. The monoisotopic (exact) mass is 192 g/mol. The molecule has 0 radical (unpaired) electrons. The summed E-state index contributed by atoms with van der Waals surface area (Å²) in [5.41, 5.74) is 2.57. The summed E-state index contributed by atoms with van der Waals surface area (Å²) in [5.74, 6) is 0.698. The van der Waals surface area contributed by atoms with Crippen LogP contribution >= 0.6 is 0 Å². The second kappa shape index (κ2) is 3.96. The minimum absolute atomic E-state index is 0.494. The van der Waals surface area contributed by atoms with E-state index in [1.165, 1.54) is 24.0 Å². The van der Waals surface area contributed by atoms with Gasteiger partial charge < -0.3 is 10.1 Å². The predicted molar refractivity (Wildman–Crippen MR) is 55.5 cm³/mol. The molecule has 1 N–H and O–H groups in total. The van der Waals surface area contributed by atoms with Gasteiger partial charge in [-0.15, -0.1) is 0 Å². The first-order valence-corrected chi connectivity index (χ1v) is 5.05. The van der Waals surface area contributed by atoms with Gasteiger partial charge in [0.1, 0.15) is 0 Å². The number of pyridine rings is 1. The fourth-order valence-electron chi connectivity index (χ4n) is 1.97. The molecule has 0 aliphatic carbocycles. The Labute approximate surface area is 84.5 Å². The molecule has 0 spiro atoms. The fourth-order valence-corrected chi connectivity index (χ4v) is 1.97. The van der Waals surface area contributed by atoms with Crippen molar-refractivity contribution in [3.05, 3.63) is 23.4 Å². The van der Waals surface area contributed by atoms with Crippen molar-refractivity contribution in [2.45, 2.75) is 25.8 Å². The van der Waals surface area contributed by atoms with Crippen molar-refractivity contribution in [1.82, 2.24) is 10.3 Å². The molecule has 0 aromatic carbocycles. The van der Waals surface area contributed by atoms with Crippen LogP contribution in [0.5, 0.6) is 5.88 Å². The molecule has 0 saturated carbocycles. The third kappa shape index (κ3) is 1.73. The van der Waals surface area contributed by atoms with E-state index >= 15 is 0 Å². The van der Waals surface area contributed by atoms with Crippen molar-refractivity contribution in [2.75, 3.05) is 13.7 Å². The van der Waals surface area contributed by atoms with E-state index in [9.17, 15) is 0 Å². The molecule has 3 nitrogen and oxygen atoms in total. The van der Waals surface area contributed by atoms with Crippen LogP contribution in [0.1, 0.15) is 30.0 Å². The zero-order valence-electron chi connectivity index (χ0n) is 8.71. The summed E-state index contributed by atoms with van der Waals surface area (Å²) >= 11 is 0. The first kappa shape index (κ1) is 9.46. The van der Waals surface area contributed by atoms with E-state index in [1.807, 2.05) is 12.3 Å². The van der Waals surface area contributed by atoms with Crippen LogP contribution in [0.25, 0.3) is 0 Å². The SMILES string of the molecule is COc1cc(C)c(C2CCCN2)cn1. The van der Waals surface area contributed by atoms with E-state index in [4.69, 9.17) is 4.74 Å². The number of rotatable bonds is 2. The highest BCUT2D eigenvalue weighted by atomic mass is 16.5. The summed E-state index contributed by atoms with van der Waals surface area (Å²) in [5, 5.41) is 3.47. The normalized spacial score (nSPS) is 21.1. The number of aromatic nitrogens is 1. The van der Waals surface area contributed by atoms with Gasteiger partial charge in [-0.1, -0.05) is 0 Å². The number of aryl methyl sites for hydroxylation is 1. The number of hydrogen-bond acceptors (Lipinski definition) is 3. The van der Waals surface area contributed by atoms with E-state index in [-0.39, 0.29) is 0 Å². The summed E-state index contributed by atoms with van der Waals surface area (Å²) < 4.78 is 5.08. The van der Waals surface area contributed by atoms with Gasteiger partial charge in [0.15, 0.2) is 0 Å². The highest BCUT2D eigenvalue weighted by Gasteiger charge is 2.18. The number of methoxy groups -OCH3 is 1. The smallest absolute Gasteiger partial charge is 0.213 e. The van der Waals surface area contributed by atoms with Crippen LogP contribution in [0.3, 0.4) is 0 Å². The summed E-state index contributed by atoms with van der Waals surface area (Å²) in [6.07, 6.45) is 4.40. The molecule has 1 unspecified atom stereocenters. The highest BCUT2D eigenvalue weighted by Crippen LogP contribution is 2.26. The van der Waals surface area contributed by atoms with Gasteiger partial charge in [0.25, 0.3) is 0 Å². The molecule has 1 fully saturated rings. The molecular weight excluding hydrogens is 176 g/mol. The van der Waals surface area contributed by atoms with Gasteiger partial charge in [-0.3, -0.25) is 0 Å². The highest BCUT2D eigenvalue weighted by molar-refractivity contribution is 5.31. The van der Waals surface area contributed by atoms with Gasteiger partial charge >= 0.3 is 0 Å². The third-order valence-electron chi connectivity index (χ3n) is 2.77. The topological polar surface area (TPSA) is 34.1 Å². The second-order valence-corrected chi connectivity index (χ2v) is 3.73. The maximum absolute atomic E-state index is 5.08. The van der Waals surface area contributed by atoms with Crippen LogP contribution in [0, 0.1) is 6.92 Å². The Balaban J connectivity index is 2.25. The Bertz CT molecular complexity index is 319. The number of ether oxygens (including phenoxy) is 1. The largest absolute Gasteiger partial charge is 0.481 e. The molecule has 1 aromatic rings. The standard InChI is InChI=1S/C11H16N2O/c1-8-6-11(14-2)13-7-9(8)10-4-3-5-12-10/h6-7,10,12H,3-5H2,1-2H3. The van der Waals surface area contributed by atoms with Gasteiger partial charge in [-0.05, 0) is 37.4 Å². The molecular formula is C11H16N2O. The summed E-state index contributed by atoms with van der Waals surface area (Å²) in [7, 11) is 1.65. The van der Waals surface area contributed by atoms with Crippen molar-refractivity contribution in [1.29, 1.82) is 0 Å². The van der Waals surface area contributed by atoms with Crippen molar-refractivity contribution >= 4 is 0 Å². The third-order valence-corrected chi connectivity index (χ3v) is 2.77. The molecule has 1 atom stereocenters. The molecule has 14 heavy (non-hydrogen) atoms. The van der Waals surface area contributed by atoms with E-state index in [0.29, 0.717) is 11.9 Å². The lowest BCUT2D eigenvalue weighted by Gasteiger charge is -2.13. The van der Waals surface area contributed by atoms with Crippen LogP contribution in [-0.2, 0) is 0 Å². The van der Waals surface area contributed by atoms with Crippen LogP contribution in [-0.4, -0.2) is 18.6 Å². The Morgan fingerprint density at radius 3 is 3.00 bits per heavy atom. The van der Waals surface area contributed by atoms with E-state index < -0.39 is 0 Å². The Hall–Kier alpha value is -1.09. The zero-order chi connectivity index (χ0) is 9.97. The second-order valence-electron chi connectivity index (χ2n) is 3.73. The van der Waals surface area contributed by atoms with E-state index in [2.05, 4.69) is 17.2 Å². The van der Waals surface area contributed by atoms with Crippen LogP contribution < -0.4 is 10.1 Å². The molecule has 2 heterocycles. The minimum Gasteiger partial charge on any atom is -0.481 e. The first-order valence-electron chi connectivity index (χ1n) is 5.05. The Kier molecular flexibility index (Phi) is 2.68. The van der Waals surface area contributed by atoms with Gasteiger partial charge in [-0.25, -0.2) is 4.98 Å². The maximum atomic E-state index is 5.08. The Morgan fingerprint density at radius 2 is 2.43 bits per heavy atom. The number of hydrogen-bond donors (Lipinski definition) is 1. The molecule has 1 aliphatic heterocycles. The fraction of sp³-hybridized carbons (Fsp3) is 0.545. The molecule has 1 saturated heterocycles. The lowest BCUT2D eigenvalue weighted by Crippen LogP contribution is -2.14. The van der Waals surface area contributed by atoms with Crippen molar-refractivity contribution in [3.8, 4) is 5.88 Å². The summed E-state index contributed by atoms with van der Waals surface area (Å²) in [6.45, 7) is 3.23. The van der Waals surface area contributed by atoms with Gasteiger partial charge in [-0.2, -0.15) is 0 Å². The lowest BCUT2D eigenvalue weighted by molar-refractivity contribution is 0.396.